The number of esters is 1. The Morgan fingerprint density at radius 1 is 1.12 bits per heavy atom. The van der Waals surface area contributed by atoms with Gasteiger partial charge < -0.3 is 15.2 Å². The average molecular weight is 325 g/mol. The molecule has 0 saturated carbocycles. The maximum atomic E-state index is 12.3. The summed E-state index contributed by atoms with van der Waals surface area (Å²) in [7, 11) is 1.31. The van der Waals surface area contributed by atoms with E-state index >= 15 is 0 Å². The molecule has 0 aliphatic heterocycles. The van der Waals surface area contributed by atoms with E-state index < -0.39 is 11.6 Å². The van der Waals surface area contributed by atoms with Crippen molar-refractivity contribution in [2.75, 3.05) is 13.7 Å². The van der Waals surface area contributed by atoms with Gasteiger partial charge in [0.2, 0.25) is 0 Å². The minimum atomic E-state index is -1.03. The van der Waals surface area contributed by atoms with Crippen LogP contribution in [0.1, 0.15) is 38.3 Å². The second-order valence-corrected chi connectivity index (χ2v) is 5.94. The van der Waals surface area contributed by atoms with Crippen molar-refractivity contribution < 1.29 is 19.4 Å². The van der Waals surface area contributed by atoms with Gasteiger partial charge >= 0.3 is 5.97 Å². The minimum Gasteiger partial charge on any atom is -0.465 e. The molecule has 24 heavy (non-hydrogen) atoms. The maximum Gasteiger partial charge on any atom is 0.337 e. The second-order valence-electron chi connectivity index (χ2n) is 5.94. The normalized spacial score (nSPS) is 18.8. The number of methoxy groups -OCH3 is 1. The molecule has 5 nitrogen and oxygen atoms in total. The predicted molar refractivity (Wildman–Crippen MR) is 88.8 cm³/mol. The molecule has 0 heterocycles. The topological polar surface area (TPSA) is 75.6 Å². The van der Waals surface area contributed by atoms with Gasteiger partial charge in [0.15, 0.2) is 0 Å². The Morgan fingerprint density at radius 3 is 2.50 bits per heavy atom. The lowest BCUT2D eigenvalue weighted by atomic mass is 9.96. The van der Waals surface area contributed by atoms with Crippen molar-refractivity contribution in [2.24, 2.45) is 0 Å². The number of benzene rings is 2. The summed E-state index contributed by atoms with van der Waals surface area (Å²) in [5.41, 5.74) is 1.79. The van der Waals surface area contributed by atoms with E-state index in [1.807, 2.05) is 24.3 Å². The molecule has 0 fully saturated rings. The highest BCUT2D eigenvalue weighted by Crippen LogP contribution is 2.36. The maximum absolute atomic E-state index is 12.3. The second kappa shape index (κ2) is 6.45. The van der Waals surface area contributed by atoms with Crippen LogP contribution in [-0.2, 0) is 16.8 Å². The number of hydrogen-bond acceptors (Lipinski definition) is 4. The van der Waals surface area contributed by atoms with E-state index in [1.165, 1.54) is 7.11 Å². The van der Waals surface area contributed by atoms with E-state index in [1.54, 1.807) is 24.3 Å². The molecule has 0 spiro atoms. The van der Waals surface area contributed by atoms with E-state index in [4.69, 9.17) is 0 Å². The number of carbonyl (C=O) groups excluding carboxylic acids is 2. The molecule has 0 aromatic heterocycles. The molecule has 0 radical (unpaired) electrons. The summed E-state index contributed by atoms with van der Waals surface area (Å²) in [5, 5.41) is 13.6. The first-order valence-electron chi connectivity index (χ1n) is 7.81. The lowest BCUT2D eigenvalue weighted by Crippen LogP contribution is -2.39. The van der Waals surface area contributed by atoms with Gasteiger partial charge in [0.25, 0.3) is 5.91 Å². The summed E-state index contributed by atoms with van der Waals surface area (Å²) in [6, 6.07) is 14.0. The van der Waals surface area contributed by atoms with Crippen molar-refractivity contribution in [3.05, 3.63) is 70.8 Å². The first kappa shape index (κ1) is 16.2. The van der Waals surface area contributed by atoms with Crippen molar-refractivity contribution in [2.45, 2.75) is 18.4 Å². The number of nitrogens with one attached hydrogen (secondary N) is 1. The van der Waals surface area contributed by atoms with Crippen molar-refractivity contribution >= 4 is 11.9 Å². The fourth-order valence-corrected chi connectivity index (χ4v) is 3.06. The molecule has 1 aliphatic carbocycles. The van der Waals surface area contributed by atoms with E-state index in [0.717, 1.165) is 17.5 Å². The molecule has 1 atom stereocenters. The van der Waals surface area contributed by atoms with Gasteiger partial charge in [-0.1, -0.05) is 24.3 Å². The lowest BCUT2D eigenvalue weighted by molar-refractivity contribution is 0.0369. The first-order chi connectivity index (χ1) is 11.5. The van der Waals surface area contributed by atoms with Gasteiger partial charge in [0.05, 0.1) is 19.2 Å². The molecule has 1 aliphatic rings. The number of amides is 1. The smallest absolute Gasteiger partial charge is 0.337 e. The molecular weight excluding hydrogens is 306 g/mol. The Balaban J connectivity index is 1.67. The molecule has 2 N–H and O–H groups in total. The third-order valence-corrected chi connectivity index (χ3v) is 4.44. The molecule has 5 heteroatoms. The number of rotatable bonds is 4. The van der Waals surface area contributed by atoms with E-state index in [0.29, 0.717) is 17.5 Å². The molecule has 0 bridgehead atoms. The predicted octanol–water partition coefficient (Wildman–Crippen LogP) is 2.04. The number of aliphatic hydroxyl groups is 1. The van der Waals surface area contributed by atoms with Gasteiger partial charge in [-0.3, -0.25) is 4.79 Å². The number of ether oxygens (including phenoxy) is 1. The Hall–Kier alpha value is -2.66. The van der Waals surface area contributed by atoms with Gasteiger partial charge in [0.1, 0.15) is 5.60 Å². The van der Waals surface area contributed by atoms with Crippen LogP contribution < -0.4 is 5.32 Å². The van der Waals surface area contributed by atoms with Gasteiger partial charge in [-0.15, -0.1) is 0 Å². The van der Waals surface area contributed by atoms with Crippen LogP contribution in [0.2, 0.25) is 0 Å². The molecule has 2 aromatic carbocycles. The van der Waals surface area contributed by atoms with Crippen molar-refractivity contribution in [1.82, 2.24) is 5.32 Å². The number of carbonyl (C=O) groups is 2. The van der Waals surface area contributed by atoms with Crippen molar-refractivity contribution in [1.29, 1.82) is 0 Å². The summed E-state index contributed by atoms with van der Waals surface area (Å²) in [6.07, 6.45) is 1.39. The van der Waals surface area contributed by atoms with E-state index in [-0.39, 0.29) is 12.5 Å². The third kappa shape index (κ3) is 3.03. The molecule has 3 rings (SSSR count). The van der Waals surface area contributed by atoms with Crippen LogP contribution in [0.4, 0.5) is 0 Å². The molecular formula is C19H19NO4. The van der Waals surface area contributed by atoms with Crippen molar-refractivity contribution in [3.63, 3.8) is 0 Å². The fourth-order valence-electron chi connectivity index (χ4n) is 3.06. The van der Waals surface area contributed by atoms with Gasteiger partial charge in [0, 0.05) is 5.56 Å². The van der Waals surface area contributed by atoms with Crippen molar-refractivity contribution in [3.8, 4) is 0 Å². The monoisotopic (exact) mass is 325 g/mol. The lowest BCUT2D eigenvalue weighted by Gasteiger charge is -2.24. The van der Waals surface area contributed by atoms with Crippen LogP contribution in [0, 0.1) is 0 Å². The minimum absolute atomic E-state index is 0.154. The zero-order valence-corrected chi connectivity index (χ0v) is 13.4. The Labute approximate surface area is 140 Å². The quantitative estimate of drug-likeness (QED) is 0.844. The van der Waals surface area contributed by atoms with Crippen LogP contribution in [0.15, 0.2) is 48.5 Å². The molecule has 2 aromatic rings. The molecule has 0 saturated heterocycles. The molecule has 124 valence electrons. The standard InChI is InChI=1S/C19H19NO4/c1-24-18(22)15-8-6-14(7-9-15)17(21)20-12-19(23)11-10-13-4-2-3-5-16(13)19/h2-9,23H,10-12H2,1H3,(H,20,21)/t19-/m1/s1. The van der Waals surface area contributed by atoms with Crippen LogP contribution in [0.3, 0.4) is 0 Å². The largest absolute Gasteiger partial charge is 0.465 e. The SMILES string of the molecule is COC(=O)c1ccc(C(=O)NC[C@]2(O)CCc3ccccc32)cc1. The Morgan fingerprint density at radius 2 is 1.79 bits per heavy atom. The summed E-state index contributed by atoms with van der Waals surface area (Å²) in [5.74, 6) is -0.733. The van der Waals surface area contributed by atoms with Gasteiger partial charge in [-0.05, 0) is 48.2 Å². The van der Waals surface area contributed by atoms with E-state index in [9.17, 15) is 14.7 Å². The third-order valence-electron chi connectivity index (χ3n) is 4.44. The molecule has 0 unspecified atom stereocenters. The zero-order valence-electron chi connectivity index (χ0n) is 13.4. The van der Waals surface area contributed by atoms with Crippen LogP contribution in [0.5, 0.6) is 0 Å². The van der Waals surface area contributed by atoms with Crippen LogP contribution in [-0.4, -0.2) is 30.6 Å². The summed E-state index contributed by atoms with van der Waals surface area (Å²) in [4.78, 5) is 23.7. The number of aryl methyl sites for hydroxylation is 1. The zero-order chi connectivity index (χ0) is 17.2. The summed E-state index contributed by atoms with van der Waals surface area (Å²) < 4.78 is 4.63. The van der Waals surface area contributed by atoms with Gasteiger partial charge in [-0.25, -0.2) is 4.79 Å². The fraction of sp³-hybridized carbons (Fsp3) is 0.263. The Bertz CT molecular complexity index is 769. The average Bonchev–Trinajstić information content (AvgIpc) is 2.97. The first-order valence-corrected chi connectivity index (χ1v) is 7.81. The van der Waals surface area contributed by atoms with Crippen LogP contribution >= 0.6 is 0 Å². The van der Waals surface area contributed by atoms with Crippen LogP contribution in [0.25, 0.3) is 0 Å². The number of fused-ring (bicyclic) bond motifs is 1. The summed E-state index contributed by atoms with van der Waals surface area (Å²) in [6.45, 7) is 0.154. The molecule has 1 amide bonds. The highest BCUT2D eigenvalue weighted by Gasteiger charge is 2.36. The Kier molecular flexibility index (Phi) is 4.36. The summed E-state index contributed by atoms with van der Waals surface area (Å²) >= 11 is 0. The van der Waals surface area contributed by atoms with Gasteiger partial charge in [-0.2, -0.15) is 0 Å². The highest BCUT2D eigenvalue weighted by atomic mass is 16.5. The highest BCUT2D eigenvalue weighted by molar-refractivity contribution is 5.96. The number of hydrogen-bond donors (Lipinski definition) is 2. The van der Waals surface area contributed by atoms with E-state index in [2.05, 4.69) is 10.1 Å².